The Balaban J connectivity index is 1.63. The van der Waals surface area contributed by atoms with Gasteiger partial charge in [-0.3, -0.25) is 0 Å². The van der Waals surface area contributed by atoms with Crippen LogP contribution in [-0.2, 0) is 16.1 Å². The van der Waals surface area contributed by atoms with Crippen LogP contribution in [0.4, 0.5) is 0 Å². The van der Waals surface area contributed by atoms with E-state index in [0.717, 1.165) is 9.09 Å². The number of benzene rings is 1. The summed E-state index contributed by atoms with van der Waals surface area (Å²) in [7, 11) is 0. The van der Waals surface area contributed by atoms with E-state index in [2.05, 4.69) is 0 Å². The summed E-state index contributed by atoms with van der Waals surface area (Å²) in [6.45, 7) is 0.833. The topological polar surface area (TPSA) is 38.7 Å². The maximum Gasteiger partial charge on any atom is 0.171 e. The number of rotatable bonds is 3. The number of thiocarbonyl (C=S) groups is 1. The Labute approximate surface area is 126 Å². The normalized spacial score (nSPS) is 34.3. The molecule has 4 atom stereocenters. The third-order valence-electron chi connectivity index (χ3n) is 3.12. The molecule has 6 heteroatoms. The smallest absolute Gasteiger partial charge is 0.171 e. The van der Waals surface area contributed by atoms with E-state index in [9.17, 15) is 5.11 Å². The van der Waals surface area contributed by atoms with Crippen molar-refractivity contribution in [1.82, 2.24) is 0 Å². The molecule has 2 aliphatic heterocycles. The summed E-state index contributed by atoms with van der Waals surface area (Å²) in [5.74, 6) is 0. The molecule has 0 aromatic heterocycles. The highest BCUT2D eigenvalue weighted by molar-refractivity contribution is 8.49. The minimum Gasteiger partial charge on any atom is -0.390 e. The van der Waals surface area contributed by atoms with Crippen LogP contribution < -0.4 is 0 Å². The van der Waals surface area contributed by atoms with Crippen LogP contribution in [0.5, 0.6) is 0 Å². The van der Waals surface area contributed by atoms with Gasteiger partial charge in [0.05, 0.1) is 29.8 Å². The highest BCUT2D eigenvalue weighted by Crippen LogP contribution is 2.45. The van der Waals surface area contributed by atoms with E-state index < -0.39 is 6.10 Å². The molecule has 0 spiro atoms. The van der Waals surface area contributed by atoms with E-state index in [1.165, 1.54) is 0 Å². The second-order valence-corrected chi connectivity index (χ2v) is 8.04. The van der Waals surface area contributed by atoms with Crippen LogP contribution in [0.1, 0.15) is 5.56 Å². The van der Waals surface area contributed by atoms with Gasteiger partial charge in [-0.1, -0.05) is 54.3 Å². The number of aliphatic hydroxyl groups is 1. The van der Waals surface area contributed by atoms with Crippen molar-refractivity contribution >= 4 is 39.3 Å². The van der Waals surface area contributed by atoms with Crippen LogP contribution >= 0.6 is 35.7 Å². The zero-order chi connectivity index (χ0) is 13.2. The molecule has 2 aliphatic rings. The summed E-state index contributed by atoms with van der Waals surface area (Å²) in [5, 5.41) is 10.1. The molecule has 3 rings (SSSR count). The molecule has 2 saturated heterocycles. The summed E-state index contributed by atoms with van der Waals surface area (Å²) in [6.07, 6.45) is -0.758. The predicted molar refractivity (Wildman–Crippen MR) is 82.3 cm³/mol. The van der Waals surface area contributed by atoms with E-state index in [-0.39, 0.29) is 16.8 Å². The largest absolute Gasteiger partial charge is 0.390 e. The number of ether oxygens (including phenoxy) is 2. The zero-order valence-corrected chi connectivity index (χ0v) is 12.5. The van der Waals surface area contributed by atoms with Crippen molar-refractivity contribution in [2.24, 2.45) is 0 Å². The van der Waals surface area contributed by atoms with Gasteiger partial charge in [0, 0.05) is 0 Å². The first-order valence-corrected chi connectivity index (χ1v) is 8.23. The molecule has 3 nitrogen and oxygen atoms in total. The maximum absolute atomic E-state index is 9.93. The standard InChI is InChI=1S/C13H14O3S3/c14-9-7-16-12(11-10(9)18-13(17)19-11)15-6-8-4-2-1-3-5-8/h1-5,9-12,14H,6-7H2/t9-,10+,11+,12-/m0/s1. The van der Waals surface area contributed by atoms with Crippen molar-refractivity contribution in [2.75, 3.05) is 6.61 Å². The van der Waals surface area contributed by atoms with Crippen LogP contribution in [0.2, 0.25) is 0 Å². The monoisotopic (exact) mass is 314 g/mol. The molecule has 0 amide bonds. The molecule has 0 aliphatic carbocycles. The summed E-state index contributed by atoms with van der Waals surface area (Å²) < 4.78 is 12.3. The second kappa shape index (κ2) is 6.11. The summed E-state index contributed by atoms with van der Waals surface area (Å²) in [6, 6.07) is 10.0. The van der Waals surface area contributed by atoms with Crippen molar-refractivity contribution in [1.29, 1.82) is 0 Å². The molecule has 1 N–H and O–H groups in total. The lowest BCUT2D eigenvalue weighted by Gasteiger charge is -2.35. The van der Waals surface area contributed by atoms with Crippen molar-refractivity contribution in [3.05, 3.63) is 35.9 Å². The first-order chi connectivity index (χ1) is 9.24. The van der Waals surface area contributed by atoms with Crippen LogP contribution in [0, 0.1) is 0 Å². The highest BCUT2D eigenvalue weighted by atomic mass is 32.2. The number of hydrogen-bond acceptors (Lipinski definition) is 6. The Kier molecular flexibility index (Phi) is 4.46. The lowest BCUT2D eigenvalue weighted by Crippen LogP contribution is -2.48. The summed E-state index contributed by atoms with van der Waals surface area (Å²) in [5.41, 5.74) is 1.12. The Morgan fingerprint density at radius 3 is 2.79 bits per heavy atom. The van der Waals surface area contributed by atoms with Crippen LogP contribution in [0.25, 0.3) is 0 Å². The Morgan fingerprint density at radius 2 is 2.00 bits per heavy atom. The first kappa shape index (κ1) is 13.9. The first-order valence-electron chi connectivity index (χ1n) is 6.06. The van der Waals surface area contributed by atoms with Crippen LogP contribution in [0.3, 0.4) is 0 Å². The van der Waals surface area contributed by atoms with Gasteiger partial charge >= 0.3 is 0 Å². The summed E-state index contributed by atoms with van der Waals surface area (Å²) in [4.78, 5) is 0. The fourth-order valence-corrected chi connectivity index (χ4v) is 5.59. The van der Waals surface area contributed by atoms with Gasteiger partial charge < -0.3 is 14.6 Å². The molecule has 1 aromatic carbocycles. The fraction of sp³-hybridized carbons (Fsp3) is 0.462. The molecule has 1 aromatic rings. The Hall–Kier alpha value is -0.110. The quantitative estimate of drug-likeness (QED) is 0.864. The van der Waals surface area contributed by atoms with E-state index in [1.54, 1.807) is 23.5 Å². The second-order valence-electron chi connectivity index (χ2n) is 4.48. The van der Waals surface area contributed by atoms with Crippen molar-refractivity contribution in [3.8, 4) is 0 Å². The third-order valence-corrected chi connectivity index (χ3v) is 6.50. The van der Waals surface area contributed by atoms with Gasteiger partial charge in [0.25, 0.3) is 0 Å². The van der Waals surface area contributed by atoms with Gasteiger partial charge in [-0.15, -0.1) is 11.8 Å². The molecule has 19 heavy (non-hydrogen) atoms. The fourth-order valence-electron chi connectivity index (χ4n) is 2.17. The number of fused-ring (bicyclic) bond motifs is 1. The number of thioether (sulfide) groups is 2. The third kappa shape index (κ3) is 3.15. The van der Waals surface area contributed by atoms with E-state index >= 15 is 0 Å². The molecule has 0 saturated carbocycles. The number of hydrogen-bond donors (Lipinski definition) is 1. The van der Waals surface area contributed by atoms with Gasteiger partial charge in [-0.2, -0.15) is 0 Å². The minimum atomic E-state index is -0.459. The molecule has 0 bridgehead atoms. The average molecular weight is 314 g/mol. The van der Waals surface area contributed by atoms with Gasteiger partial charge in [0.2, 0.25) is 0 Å². The number of aliphatic hydroxyl groups excluding tert-OH is 1. The molecule has 2 heterocycles. The molecular weight excluding hydrogens is 300 g/mol. The van der Waals surface area contributed by atoms with Gasteiger partial charge in [0.1, 0.15) is 3.53 Å². The van der Waals surface area contributed by atoms with Crippen LogP contribution in [-0.4, -0.2) is 38.1 Å². The predicted octanol–water partition coefficient (Wildman–Crippen LogP) is 2.42. The molecule has 0 radical (unpaired) electrons. The van der Waals surface area contributed by atoms with E-state index in [0.29, 0.717) is 13.2 Å². The van der Waals surface area contributed by atoms with E-state index in [1.807, 2.05) is 30.3 Å². The highest BCUT2D eigenvalue weighted by Gasteiger charge is 2.46. The van der Waals surface area contributed by atoms with Crippen molar-refractivity contribution in [3.63, 3.8) is 0 Å². The minimum absolute atomic E-state index is 0.0879. The average Bonchev–Trinajstić information content (AvgIpc) is 2.82. The summed E-state index contributed by atoms with van der Waals surface area (Å²) >= 11 is 8.37. The van der Waals surface area contributed by atoms with Crippen LogP contribution in [0.15, 0.2) is 30.3 Å². The van der Waals surface area contributed by atoms with E-state index in [4.69, 9.17) is 21.7 Å². The maximum atomic E-state index is 9.93. The SMILES string of the molecule is O[C@H]1CO[C@H](OCc2ccccc2)[C@@H]2SC(=S)S[C@@H]21. The molecule has 102 valence electrons. The zero-order valence-electron chi connectivity index (χ0n) is 10.1. The van der Waals surface area contributed by atoms with Crippen molar-refractivity contribution < 1.29 is 14.6 Å². The lowest BCUT2D eigenvalue weighted by atomic mass is 10.1. The van der Waals surface area contributed by atoms with Crippen molar-refractivity contribution in [2.45, 2.75) is 29.5 Å². The Morgan fingerprint density at radius 1 is 1.26 bits per heavy atom. The van der Waals surface area contributed by atoms with Gasteiger partial charge in [-0.25, -0.2) is 0 Å². The van der Waals surface area contributed by atoms with Gasteiger partial charge in [0.15, 0.2) is 6.29 Å². The molecule has 2 fully saturated rings. The lowest BCUT2D eigenvalue weighted by molar-refractivity contribution is -0.185. The Bertz CT molecular complexity index is 454. The molecular formula is C13H14O3S3. The molecule has 0 unspecified atom stereocenters. The van der Waals surface area contributed by atoms with Gasteiger partial charge in [-0.05, 0) is 5.56 Å².